The Balaban J connectivity index is 2.67. The fraction of sp³-hybridized carbons (Fsp3) is 0.429. The van der Waals surface area contributed by atoms with Crippen molar-refractivity contribution >= 4 is 0 Å². The molecule has 0 aliphatic carbocycles. The summed E-state index contributed by atoms with van der Waals surface area (Å²) >= 11 is 0. The first-order chi connectivity index (χ1) is 6.59. The van der Waals surface area contributed by atoms with Crippen molar-refractivity contribution in [2.24, 2.45) is 0 Å². The van der Waals surface area contributed by atoms with Crippen molar-refractivity contribution in [2.45, 2.75) is 13.0 Å². The third-order valence-electron chi connectivity index (χ3n) is 2.06. The first kappa shape index (κ1) is 9.07. The highest BCUT2D eigenvalue weighted by atomic mass is 19.2. The zero-order valence-corrected chi connectivity index (χ0v) is 7.00. The summed E-state index contributed by atoms with van der Waals surface area (Å²) in [6.07, 6.45) is 0.0944. The molecule has 0 N–H and O–H groups in total. The molecule has 5 nitrogen and oxygen atoms in total. The fourth-order valence-corrected chi connectivity index (χ4v) is 1.36. The Bertz CT molecular complexity index is 479. The van der Waals surface area contributed by atoms with Crippen LogP contribution in [0.15, 0.2) is 14.0 Å². The van der Waals surface area contributed by atoms with Crippen molar-refractivity contribution in [2.75, 3.05) is 6.54 Å². The third-order valence-corrected chi connectivity index (χ3v) is 2.06. The van der Waals surface area contributed by atoms with E-state index >= 15 is 0 Å². The molecule has 0 bridgehead atoms. The monoisotopic (exact) mass is 204 g/mol. The van der Waals surface area contributed by atoms with Crippen LogP contribution in [0.2, 0.25) is 0 Å². The summed E-state index contributed by atoms with van der Waals surface area (Å²) in [5, 5.41) is 0.365. The molecule has 7 heteroatoms. The Morgan fingerprint density at radius 2 is 2.00 bits per heavy atom. The Morgan fingerprint density at radius 1 is 1.29 bits per heavy atom. The van der Waals surface area contributed by atoms with Crippen molar-refractivity contribution in [3.05, 3.63) is 32.2 Å². The summed E-state index contributed by atoms with van der Waals surface area (Å²) in [5.74, 6) is -1.29. The third kappa shape index (κ3) is 1.25. The van der Waals surface area contributed by atoms with Crippen LogP contribution >= 0.6 is 0 Å². The molecular formula is C7H6F2N2O3. The molecule has 0 spiro atoms. The molecule has 0 saturated carbocycles. The van der Waals surface area contributed by atoms with Crippen LogP contribution in [0.25, 0.3) is 0 Å². The summed E-state index contributed by atoms with van der Waals surface area (Å²) in [5.41, 5.74) is -1.28. The van der Waals surface area contributed by atoms with Gasteiger partial charge in [-0.25, -0.2) is 4.79 Å². The molecule has 0 aromatic carbocycles. The van der Waals surface area contributed by atoms with Gasteiger partial charge in [0.1, 0.15) is 5.76 Å². The second-order valence-corrected chi connectivity index (χ2v) is 2.95. The van der Waals surface area contributed by atoms with Crippen LogP contribution in [-0.2, 0) is 13.0 Å². The van der Waals surface area contributed by atoms with Gasteiger partial charge < -0.3 is 4.42 Å². The lowest BCUT2D eigenvalue weighted by Crippen LogP contribution is -2.37. The van der Waals surface area contributed by atoms with Crippen LogP contribution in [0, 0.1) is 0 Å². The minimum Gasteiger partial charge on any atom is -0.412 e. The van der Waals surface area contributed by atoms with E-state index in [1.165, 1.54) is 0 Å². The maximum absolute atomic E-state index is 12.7. The fourth-order valence-electron chi connectivity index (χ4n) is 1.36. The maximum atomic E-state index is 12.7. The van der Waals surface area contributed by atoms with Crippen LogP contribution in [0.5, 0.6) is 0 Å². The van der Waals surface area contributed by atoms with Crippen molar-refractivity contribution < 1.29 is 13.4 Å². The molecule has 0 amide bonds. The Hall–Kier alpha value is -1.50. The van der Waals surface area contributed by atoms with E-state index in [1.807, 2.05) is 0 Å². The molecule has 0 radical (unpaired) electrons. The van der Waals surface area contributed by atoms with Crippen LogP contribution < -0.4 is 11.3 Å². The molecule has 2 heterocycles. The van der Waals surface area contributed by atoms with E-state index in [0.717, 1.165) is 0 Å². The number of rotatable bonds is 0. The minimum absolute atomic E-state index is 0.0334. The van der Waals surface area contributed by atoms with E-state index < -0.39 is 16.1 Å². The number of hydrogen-bond donors (Lipinski definition) is 0. The van der Waals surface area contributed by atoms with Gasteiger partial charge in [-0.2, -0.15) is 0 Å². The van der Waals surface area contributed by atoms with Gasteiger partial charge >= 0.3 is 5.76 Å². The summed E-state index contributed by atoms with van der Waals surface area (Å²) in [4.78, 5) is 21.2. The first-order valence-corrected chi connectivity index (χ1v) is 3.94. The number of aromatic nitrogens is 1. The Morgan fingerprint density at radius 3 is 2.71 bits per heavy atom. The zero-order chi connectivity index (χ0) is 10.3. The number of nitrogens with zero attached hydrogens (tertiary/aromatic N) is 2. The van der Waals surface area contributed by atoms with E-state index in [-0.39, 0.29) is 30.8 Å². The smallest absolute Gasteiger partial charge is 0.412 e. The van der Waals surface area contributed by atoms with Gasteiger partial charge in [-0.1, -0.05) is 9.27 Å². The summed E-state index contributed by atoms with van der Waals surface area (Å²) in [6, 6.07) is 0. The molecule has 0 fully saturated rings. The molecule has 14 heavy (non-hydrogen) atoms. The average Bonchev–Trinajstić information content (AvgIpc) is 2.16. The van der Waals surface area contributed by atoms with E-state index in [1.54, 1.807) is 0 Å². The number of halogens is 2. The van der Waals surface area contributed by atoms with E-state index in [4.69, 9.17) is 0 Å². The molecule has 1 aromatic heterocycles. The SMILES string of the molecule is O=c1oc2c(c(=O)n1F)CN(F)CC2. The predicted octanol–water partition coefficient (Wildman–Crippen LogP) is -0.223. The van der Waals surface area contributed by atoms with E-state index in [0.29, 0.717) is 5.12 Å². The highest BCUT2D eigenvalue weighted by Crippen LogP contribution is 2.13. The molecule has 1 aliphatic heterocycles. The lowest BCUT2D eigenvalue weighted by Gasteiger charge is -2.18. The lowest BCUT2D eigenvalue weighted by atomic mass is 10.1. The number of fused-ring (bicyclic) bond motifs is 1. The van der Waals surface area contributed by atoms with Gasteiger partial charge in [0.05, 0.1) is 12.1 Å². The highest BCUT2D eigenvalue weighted by molar-refractivity contribution is 5.16. The van der Waals surface area contributed by atoms with Crippen LogP contribution in [0.1, 0.15) is 11.3 Å². The molecule has 0 atom stereocenters. The summed E-state index contributed by atoms with van der Waals surface area (Å²) < 4.78 is 29.9. The topological polar surface area (TPSA) is 55.5 Å². The predicted molar refractivity (Wildman–Crippen MR) is 41.0 cm³/mol. The van der Waals surface area contributed by atoms with Gasteiger partial charge in [0.2, 0.25) is 0 Å². The van der Waals surface area contributed by atoms with Gasteiger partial charge in [-0.3, -0.25) is 4.79 Å². The second kappa shape index (κ2) is 3.02. The molecule has 2 rings (SSSR count). The van der Waals surface area contributed by atoms with Gasteiger partial charge in [-0.05, 0) is 0 Å². The molecule has 0 unspecified atom stereocenters. The highest BCUT2D eigenvalue weighted by Gasteiger charge is 2.23. The van der Waals surface area contributed by atoms with Crippen molar-refractivity contribution in [3.8, 4) is 0 Å². The Kier molecular flexibility index (Phi) is 1.95. The normalized spacial score (nSPS) is 16.7. The van der Waals surface area contributed by atoms with Crippen LogP contribution in [-0.4, -0.2) is 16.5 Å². The standard InChI is InChI=1S/C7H6F2N2O3/c8-10-2-1-5-4(3-10)6(12)11(9)7(13)14-5/h1-3H2. The van der Waals surface area contributed by atoms with Crippen molar-refractivity contribution in [1.82, 2.24) is 9.91 Å². The van der Waals surface area contributed by atoms with Crippen molar-refractivity contribution in [3.63, 3.8) is 0 Å². The van der Waals surface area contributed by atoms with E-state index in [2.05, 4.69) is 4.42 Å². The molecule has 76 valence electrons. The quantitative estimate of drug-likeness (QED) is 0.548. The maximum Gasteiger partial charge on any atom is 0.451 e. The minimum atomic E-state index is -1.36. The first-order valence-electron chi connectivity index (χ1n) is 3.94. The van der Waals surface area contributed by atoms with Crippen LogP contribution in [0.3, 0.4) is 0 Å². The average molecular weight is 204 g/mol. The van der Waals surface area contributed by atoms with Crippen LogP contribution in [0.4, 0.5) is 8.96 Å². The lowest BCUT2D eigenvalue weighted by molar-refractivity contribution is 0.00358. The second-order valence-electron chi connectivity index (χ2n) is 2.95. The zero-order valence-electron chi connectivity index (χ0n) is 7.00. The number of hydrogen-bond acceptors (Lipinski definition) is 4. The Labute approximate surface area is 76.0 Å². The van der Waals surface area contributed by atoms with Gasteiger partial charge in [0, 0.05) is 13.0 Å². The summed E-state index contributed by atoms with van der Waals surface area (Å²) in [6.45, 7) is -0.312. The molecule has 1 aliphatic rings. The van der Waals surface area contributed by atoms with Crippen molar-refractivity contribution in [1.29, 1.82) is 0 Å². The van der Waals surface area contributed by atoms with Gasteiger partial charge in [0.25, 0.3) is 5.56 Å². The largest absolute Gasteiger partial charge is 0.451 e. The molecule has 0 saturated heterocycles. The molecule has 1 aromatic rings. The van der Waals surface area contributed by atoms with Gasteiger partial charge in [0.15, 0.2) is 0 Å². The molecular weight excluding hydrogens is 198 g/mol. The van der Waals surface area contributed by atoms with E-state index in [9.17, 15) is 18.6 Å². The van der Waals surface area contributed by atoms with Gasteiger partial charge in [-0.15, -0.1) is 9.60 Å². The summed E-state index contributed by atoms with van der Waals surface area (Å²) in [7, 11) is 0.